The summed E-state index contributed by atoms with van der Waals surface area (Å²) in [6.07, 6.45) is 0. The quantitative estimate of drug-likeness (QED) is 0.613. The minimum atomic E-state index is -0.837. The lowest BCUT2D eigenvalue weighted by atomic mass is 10.3. The van der Waals surface area contributed by atoms with Crippen molar-refractivity contribution in [2.24, 2.45) is 5.73 Å². The summed E-state index contributed by atoms with van der Waals surface area (Å²) in [6.45, 7) is 2.98. The molecule has 1 aromatic carbocycles. The predicted octanol–water partition coefficient (Wildman–Crippen LogP) is 0.561. The average Bonchev–Trinajstić information content (AvgIpc) is 2.92. The van der Waals surface area contributed by atoms with Crippen molar-refractivity contribution in [1.29, 1.82) is 0 Å². The number of aryl methyl sites for hydroxylation is 1. The zero-order chi connectivity index (χ0) is 20.4. The fraction of sp³-hybridized carbons (Fsp3) is 0.278. The minimum absolute atomic E-state index is 0.0685. The first-order valence-corrected chi connectivity index (χ1v) is 8.47. The van der Waals surface area contributed by atoms with Gasteiger partial charge in [-0.2, -0.15) is 0 Å². The zero-order valence-corrected chi connectivity index (χ0v) is 15.6. The Morgan fingerprint density at radius 1 is 1.25 bits per heavy atom. The Morgan fingerprint density at radius 3 is 2.64 bits per heavy atom. The Labute approximate surface area is 159 Å². The van der Waals surface area contributed by atoms with Crippen LogP contribution in [0.5, 0.6) is 5.75 Å². The molecule has 0 aliphatic rings. The standard InChI is InChI=1S/C18H19N5O5/c1-4-28-13(24)9-22-15-14(16(19)25)20-10(2)21-17(15)23(18(22)26)11-6-5-7-12(8-11)27-3/h5-8H,4,9H2,1-3H3,(H2,19,25). The Kier molecular flexibility index (Phi) is 5.12. The molecule has 0 saturated heterocycles. The van der Waals surface area contributed by atoms with Gasteiger partial charge >= 0.3 is 11.7 Å². The molecule has 146 valence electrons. The van der Waals surface area contributed by atoms with E-state index in [0.29, 0.717) is 11.4 Å². The lowest BCUT2D eigenvalue weighted by Gasteiger charge is -2.06. The molecule has 0 saturated carbocycles. The summed E-state index contributed by atoms with van der Waals surface area (Å²) in [5, 5.41) is 0. The summed E-state index contributed by atoms with van der Waals surface area (Å²) in [5.41, 5.74) is 5.40. The third-order valence-electron chi connectivity index (χ3n) is 4.02. The van der Waals surface area contributed by atoms with Gasteiger partial charge in [0.05, 0.1) is 19.4 Å². The van der Waals surface area contributed by atoms with E-state index in [0.717, 1.165) is 4.57 Å². The molecule has 0 unspecified atom stereocenters. The lowest BCUT2D eigenvalue weighted by Crippen LogP contribution is -2.28. The number of carbonyl (C=O) groups excluding carboxylic acids is 2. The van der Waals surface area contributed by atoms with Crippen molar-refractivity contribution in [3.63, 3.8) is 0 Å². The lowest BCUT2D eigenvalue weighted by molar-refractivity contribution is -0.143. The molecule has 2 aromatic heterocycles. The number of aromatic nitrogens is 4. The number of hydrogen-bond donors (Lipinski definition) is 1. The number of nitrogens with zero attached hydrogens (tertiary/aromatic N) is 4. The summed E-state index contributed by atoms with van der Waals surface area (Å²) >= 11 is 0. The highest BCUT2D eigenvalue weighted by Crippen LogP contribution is 2.22. The summed E-state index contributed by atoms with van der Waals surface area (Å²) in [6, 6.07) is 6.75. The van der Waals surface area contributed by atoms with Gasteiger partial charge in [-0.1, -0.05) is 6.07 Å². The van der Waals surface area contributed by atoms with Gasteiger partial charge in [0.15, 0.2) is 11.3 Å². The number of benzene rings is 1. The van der Waals surface area contributed by atoms with Crippen molar-refractivity contribution >= 4 is 23.0 Å². The summed E-state index contributed by atoms with van der Waals surface area (Å²) in [5.74, 6) is -0.691. The maximum Gasteiger partial charge on any atom is 0.335 e. The number of rotatable bonds is 6. The normalized spacial score (nSPS) is 10.8. The first-order chi connectivity index (χ1) is 13.4. The van der Waals surface area contributed by atoms with E-state index in [1.165, 1.54) is 11.7 Å². The van der Waals surface area contributed by atoms with Crippen molar-refractivity contribution in [1.82, 2.24) is 19.1 Å². The monoisotopic (exact) mass is 385 g/mol. The number of nitrogens with two attached hydrogens (primary N) is 1. The molecule has 2 N–H and O–H groups in total. The van der Waals surface area contributed by atoms with Gasteiger partial charge in [-0.05, 0) is 26.0 Å². The number of primary amides is 1. The van der Waals surface area contributed by atoms with Crippen molar-refractivity contribution in [3.05, 3.63) is 46.3 Å². The number of esters is 1. The van der Waals surface area contributed by atoms with Crippen LogP contribution in [0.2, 0.25) is 0 Å². The Morgan fingerprint density at radius 2 is 2.00 bits per heavy atom. The Bertz CT molecular complexity index is 1130. The van der Waals surface area contributed by atoms with Crippen LogP contribution in [0.3, 0.4) is 0 Å². The maximum absolute atomic E-state index is 13.2. The fourth-order valence-corrected chi connectivity index (χ4v) is 2.90. The van der Waals surface area contributed by atoms with Crippen molar-refractivity contribution < 1.29 is 19.1 Å². The molecule has 0 aliphatic heterocycles. The van der Waals surface area contributed by atoms with E-state index in [4.69, 9.17) is 15.2 Å². The van der Waals surface area contributed by atoms with Gasteiger partial charge in [0, 0.05) is 6.07 Å². The Balaban J connectivity index is 2.38. The molecule has 0 fully saturated rings. The largest absolute Gasteiger partial charge is 0.497 e. The van der Waals surface area contributed by atoms with Crippen LogP contribution in [0.1, 0.15) is 23.2 Å². The molecule has 3 aromatic rings. The number of ether oxygens (including phenoxy) is 2. The molecule has 1 amide bonds. The SMILES string of the molecule is CCOC(=O)Cn1c(=O)n(-c2cccc(OC)c2)c2nc(C)nc(C(N)=O)c21. The number of methoxy groups -OCH3 is 1. The molecule has 3 rings (SSSR count). The van der Waals surface area contributed by atoms with E-state index >= 15 is 0 Å². The highest BCUT2D eigenvalue weighted by Gasteiger charge is 2.24. The average molecular weight is 385 g/mol. The second-order valence-electron chi connectivity index (χ2n) is 5.87. The van der Waals surface area contributed by atoms with Crippen LogP contribution in [0, 0.1) is 6.92 Å². The molecule has 0 bridgehead atoms. The van der Waals surface area contributed by atoms with Crippen molar-refractivity contribution in [2.75, 3.05) is 13.7 Å². The second kappa shape index (κ2) is 7.51. The van der Waals surface area contributed by atoms with E-state index < -0.39 is 24.1 Å². The third-order valence-corrected chi connectivity index (χ3v) is 4.02. The maximum atomic E-state index is 13.2. The van der Waals surface area contributed by atoms with Crippen LogP contribution < -0.4 is 16.2 Å². The second-order valence-corrected chi connectivity index (χ2v) is 5.87. The minimum Gasteiger partial charge on any atom is -0.497 e. The summed E-state index contributed by atoms with van der Waals surface area (Å²) < 4.78 is 12.5. The molecule has 0 atom stereocenters. The molecular weight excluding hydrogens is 366 g/mol. The highest BCUT2D eigenvalue weighted by molar-refractivity contribution is 6.02. The van der Waals surface area contributed by atoms with E-state index in [2.05, 4.69) is 9.97 Å². The van der Waals surface area contributed by atoms with E-state index in [1.807, 2.05) is 0 Å². The van der Waals surface area contributed by atoms with Gasteiger partial charge in [-0.25, -0.2) is 19.3 Å². The fourth-order valence-electron chi connectivity index (χ4n) is 2.90. The predicted molar refractivity (Wildman–Crippen MR) is 99.6 cm³/mol. The van der Waals surface area contributed by atoms with Gasteiger partial charge in [0.1, 0.15) is 23.6 Å². The topological polar surface area (TPSA) is 131 Å². The van der Waals surface area contributed by atoms with E-state index in [9.17, 15) is 14.4 Å². The first kappa shape index (κ1) is 19.1. The molecule has 0 aliphatic carbocycles. The van der Waals surface area contributed by atoms with Crippen LogP contribution >= 0.6 is 0 Å². The highest BCUT2D eigenvalue weighted by atomic mass is 16.5. The molecule has 10 nitrogen and oxygen atoms in total. The van der Waals surface area contributed by atoms with Crippen LogP contribution in [0.4, 0.5) is 0 Å². The molecule has 2 heterocycles. The molecule has 0 spiro atoms. The number of carbonyl (C=O) groups is 2. The molecular formula is C18H19N5O5. The van der Waals surface area contributed by atoms with E-state index in [1.54, 1.807) is 38.1 Å². The van der Waals surface area contributed by atoms with Crippen molar-refractivity contribution in [3.8, 4) is 11.4 Å². The van der Waals surface area contributed by atoms with Crippen molar-refractivity contribution in [2.45, 2.75) is 20.4 Å². The van der Waals surface area contributed by atoms with Crippen LogP contribution in [-0.4, -0.2) is 44.7 Å². The summed E-state index contributed by atoms with van der Waals surface area (Å²) in [4.78, 5) is 45.5. The van der Waals surface area contributed by atoms with Crippen LogP contribution in [-0.2, 0) is 16.1 Å². The molecule has 28 heavy (non-hydrogen) atoms. The van der Waals surface area contributed by atoms with E-state index in [-0.39, 0.29) is 29.3 Å². The number of fused-ring (bicyclic) bond motifs is 1. The van der Waals surface area contributed by atoms with Gasteiger partial charge < -0.3 is 15.2 Å². The zero-order valence-electron chi connectivity index (χ0n) is 15.6. The first-order valence-electron chi connectivity index (χ1n) is 8.47. The molecule has 0 radical (unpaired) electrons. The number of hydrogen-bond acceptors (Lipinski definition) is 7. The van der Waals surface area contributed by atoms with Gasteiger partial charge in [-0.3, -0.25) is 14.2 Å². The number of amides is 1. The van der Waals surface area contributed by atoms with Crippen LogP contribution in [0.25, 0.3) is 16.9 Å². The summed E-state index contributed by atoms with van der Waals surface area (Å²) in [7, 11) is 1.50. The number of imidazole rings is 1. The van der Waals surface area contributed by atoms with Gasteiger partial charge in [0.2, 0.25) is 0 Å². The van der Waals surface area contributed by atoms with Crippen LogP contribution in [0.15, 0.2) is 29.1 Å². The Hall–Kier alpha value is -3.69. The molecule has 10 heteroatoms. The smallest absolute Gasteiger partial charge is 0.335 e. The van der Waals surface area contributed by atoms with Gasteiger partial charge in [0.25, 0.3) is 5.91 Å². The third kappa shape index (κ3) is 3.31. The van der Waals surface area contributed by atoms with Gasteiger partial charge in [-0.15, -0.1) is 0 Å².